The average molecular weight is 254 g/mol. The molecular formula is C12H22N4O2. The minimum absolute atomic E-state index is 0.0732. The molecule has 1 unspecified atom stereocenters. The largest absolute Gasteiger partial charge is 0.409 e. The van der Waals surface area contributed by atoms with E-state index in [1.165, 1.54) is 6.42 Å². The second kappa shape index (κ2) is 5.56. The van der Waals surface area contributed by atoms with Gasteiger partial charge >= 0.3 is 0 Å². The maximum absolute atomic E-state index is 12.1. The third-order valence-corrected chi connectivity index (χ3v) is 4.17. The Labute approximate surface area is 107 Å². The van der Waals surface area contributed by atoms with Crippen molar-refractivity contribution in [1.82, 2.24) is 9.80 Å². The monoisotopic (exact) mass is 254 g/mol. The Morgan fingerprint density at radius 1 is 1.33 bits per heavy atom. The second-order valence-electron chi connectivity index (χ2n) is 5.19. The highest BCUT2D eigenvalue weighted by molar-refractivity contribution is 5.85. The van der Waals surface area contributed by atoms with Gasteiger partial charge in [0.1, 0.15) is 0 Å². The predicted octanol–water partition coefficient (Wildman–Crippen LogP) is 0.0656. The summed E-state index contributed by atoms with van der Waals surface area (Å²) in [5, 5.41) is 11.7. The summed E-state index contributed by atoms with van der Waals surface area (Å²) in [5.41, 5.74) is 5.60. The molecule has 0 bridgehead atoms. The lowest BCUT2D eigenvalue weighted by atomic mass is 9.84. The molecule has 1 saturated heterocycles. The highest BCUT2D eigenvalue weighted by atomic mass is 16.4. The summed E-state index contributed by atoms with van der Waals surface area (Å²) in [5.74, 6) is 0.823. The van der Waals surface area contributed by atoms with E-state index in [9.17, 15) is 4.79 Å². The van der Waals surface area contributed by atoms with Gasteiger partial charge in [0.25, 0.3) is 0 Å². The Bertz CT molecular complexity index is 333. The SMILES string of the molecule is CC(/C(N)=N/O)N1CCN(C(=O)C2CCC2)CC1. The molecule has 2 rings (SSSR count). The van der Waals surface area contributed by atoms with Gasteiger partial charge in [-0.3, -0.25) is 9.69 Å². The number of carbonyl (C=O) groups excluding carboxylic acids is 1. The number of oxime groups is 1. The van der Waals surface area contributed by atoms with Crippen molar-refractivity contribution < 1.29 is 10.0 Å². The van der Waals surface area contributed by atoms with E-state index in [1.807, 2.05) is 11.8 Å². The molecule has 0 aromatic carbocycles. The molecule has 1 heterocycles. The standard InChI is InChI=1S/C12H22N4O2/c1-9(11(13)14-18)15-5-7-16(8-6-15)12(17)10-3-2-4-10/h9-10,18H,2-8H2,1H3,(H2,13,14). The molecule has 0 aromatic rings. The molecule has 1 atom stereocenters. The van der Waals surface area contributed by atoms with Crippen LogP contribution in [0.15, 0.2) is 5.16 Å². The smallest absolute Gasteiger partial charge is 0.225 e. The van der Waals surface area contributed by atoms with Crippen LogP contribution < -0.4 is 5.73 Å². The van der Waals surface area contributed by atoms with Crippen LogP contribution >= 0.6 is 0 Å². The Morgan fingerprint density at radius 3 is 2.39 bits per heavy atom. The van der Waals surface area contributed by atoms with E-state index in [4.69, 9.17) is 10.9 Å². The van der Waals surface area contributed by atoms with Crippen LogP contribution in [0.3, 0.4) is 0 Å². The quantitative estimate of drug-likeness (QED) is 0.323. The lowest BCUT2D eigenvalue weighted by Crippen LogP contribution is -2.55. The Morgan fingerprint density at radius 2 is 1.94 bits per heavy atom. The zero-order valence-electron chi connectivity index (χ0n) is 10.9. The first-order valence-electron chi connectivity index (χ1n) is 6.63. The second-order valence-corrected chi connectivity index (χ2v) is 5.19. The minimum atomic E-state index is -0.0732. The molecule has 102 valence electrons. The number of amidine groups is 1. The molecule has 6 nitrogen and oxygen atoms in total. The van der Waals surface area contributed by atoms with Gasteiger partial charge in [-0.2, -0.15) is 0 Å². The number of nitrogens with two attached hydrogens (primary N) is 1. The lowest BCUT2D eigenvalue weighted by Gasteiger charge is -2.40. The van der Waals surface area contributed by atoms with Crippen molar-refractivity contribution in [2.24, 2.45) is 16.8 Å². The summed E-state index contributed by atoms with van der Waals surface area (Å²) >= 11 is 0. The molecule has 1 saturated carbocycles. The normalized spacial score (nSPS) is 24.7. The highest BCUT2D eigenvalue weighted by Gasteiger charge is 2.32. The van der Waals surface area contributed by atoms with E-state index in [1.54, 1.807) is 0 Å². The molecule has 2 aliphatic rings. The van der Waals surface area contributed by atoms with Crippen molar-refractivity contribution in [3.05, 3.63) is 0 Å². The minimum Gasteiger partial charge on any atom is -0.409 e. The van der Waals surface area contributed by atoms with Crippen LogP contribution in [0.2, 0.25) is 0 Å². The van der Waals surface area contributed by atoms with Crippen LogP contribution in [0.1, 0.15) is 26.2 Å². The molecular weight excluding hydrogens is 232 g/mol. The van der Waals surface area contributed by atoms with E-state index in [-0.39, 0.29) is 17.8 Å². The summed E-state index contributed by atoms with van der Waals surface area (Å²) < 4.78 is 0. The number of nitrogens with zero attached hydrogens (tertiary/aromatic N) is 3. The van der Waals surface area contributed by atoms with Crippen LogP contribution in [0.4, 0.5) is 0 Å². The first kappa shape index (κ1) is 13.1. The number of hydrogen-bond donors (Lipinski definition) is 2. The van der Waals surface area contributed by atoms with E-state index in [0.29, 0.717) is 5.91 Å². The van der Waals surface area contributed by atoms with Gasteiger partial charge in [0.05, 0.1) is 6.04 Å². The molecule has 0 aromatic heterocycles. The first-order chi connectivity index (χ1) is 8.63. The van der Waals surface area contributed by atoms with Gasteiger partial charge in [-0.1, -0.05) is 11.6 Å². The van der Waals surface area contributed by atoms with Crippen LogP contribution in [-0.2, 0) is 4.79 Å². The molecule has 2 fully saturated rings. The van der Waals surface area contributed by atoms with Crippen LogP contribution in [0, 0.1) is 5.92 Å². The van der Waals surface area contributed by atoms with Crippen molar-refractivity contribution in [2.45, 2.75) is 32.2 Å². The van der Waals surface area contributed by atoms with Gasteiger partial charge in [0.2, 0.25) is 5.91 Å². The average Bonchev–Trinajstić information content (AvgIpc) is 2.35. The van der Waals surface area contributed by atoms with Crippen molar-refractivity contribution in [2.75, 3.05) is 26.2 Å². The summed E-state index contributed by atoms with van der Waals surface area (Å²) in [6.07, 6.45) is 3.30. The molecule has 1 amide bonds. The molecule has 18 heavy (non-hydrogen) atoms. The zero-order valence-corrected chi connectivity index (χ0v) is 10.9. The van der Waals surface area contributed by atoms with Gasteiger partial charge in [0, 0.05) is 32.1 Å². The first-order valence-corrected chi connectivity index (χ1v) is 6.63. The fourth-order valence-electron chi connectivity index (χ4n) is 2.51. The van der Waals surface area contributed by atoms with Crippen LogP contribution in [0.25, 0.3) is 0 Å². The van der Waals surface area contributed by atoms with Crippen LogP contribution in [0.5, 0.6) is 0 Å². The van der Waals surface area contributed by atoms with Crippen molar-refractivity contribution >= 4 is 11.7 Å². The lowest BCUT2D eigenvalue weighted by molar-refractivity contribution is -0.140. The molecule has 6 heteroatoms. The van der Waals surface area contributed by atoms with Crippen molar-refractivity contribution in [1.29, 1.82) is 0 Å². The third-order valence-electron chi connectivity index (χ3n) is 4.17. The van der Waals surface area contributed by atoms with Gasteiger partial charge in [0.15, 0.2) is 5.84 Å². The van der Waals surface area contributed by atoms with Gasteiger partial charge in [-0.15, -0.1) is 0 Å². The number of rotatable bonds is 3. The van der Waals surface area contributed by atoms with Crippen LogP contribution in [-0.4, -0.2) is 59.0 Å². The summed E-state index contributed by atoms with van der Waals surface area (Å²) in [4.78, 5) is 16.2. The molecule has 1 aliphatic carbocycles. The molecule has 0 spiro atoms. The van der Waals surface area contributed by atoms with Gasteiger partial charge in [-0.05, 0) is 19.8 Å². The van der Waals surface area contributed by atoms with E-state index in [2.05, 4.69) is 10.1 Å². The van der Waals surface area contributed by atoms with E-state index < -0.39 is 0 Å². The number of piperazine rings is 1. The number of hydrogen-bond acceptors (Lipinski definition) is 4. The van der Waals surface area contributed by atoms with Crippen molar-refractivity contribution in [3.63, 3.8) is 0 Å². The fraction of sp³-hybridized carbons (Fsp3) is 0.833. The van der Waals surface area contributed by atoms with Crippen molar-refractivity contribution in [3.8, 4) is 0 Å². The Balaban J connectivity index is 1.82. The maximum Gasteiger partial charge on any atom is 0.225 e. The predicted molar refractivity (Wildman–Crippen MR) is 68.4 cm³/mol. The molecule has 1 aliphatic heterocycles. The zero-order chi connectivity index (χ0) is 13.1. The van der Waals surface area contributed by atoms with E-state index >= 15 is 0 Å². The summed E-state index contributed by atoms with van der Waals surface area (Å²) in [6, 6.07) is -0.0732. The number of carbonyl (C=O) groups is 1. The topological polar surface area (TPSA) is 82.2 Å². The highest BCUT2D eigenvalue weighted by Crippen LogP contribution is 2.28. The summed E-state index contributed by atoms with van der Waals surface area (Å²) in [7, 11) is 0. The molecule has 0 radical (unpaired) electrons. The maximum atomic E-state index is 12.1. The van der Waals surface area contributed by atoms with E-state index in [0.717, 1.165) is 39.0 Å². The molecule has 3 N–H and O–H groups in total. The Hall–Kier alpha value is -1.30. The fourth-order valence-corrected chi connectivity index (χ4v) is 2.51. The Kier molecular flexibility index (Phi) is 4.06. The van der Waals surface area contributed by atoms with Gasteiger partial charge in [-0.25, -0.2) is 0 Å². The third kappa shape index (κ3) is 2.58. The summed E-state index contributed by atoms with van der Waals surface area (Å²) in [6.45, 7) is 4.99. The number of amides is 1. The van der Waals surface area contributed by atoms with Gasteiger partial charge < -0.3 is 15.8 Å².